The molecule has 0 aromatic carbocycles. The Morgan fingerprint density at radius 3 is 1.80 bits per heavy atom. The zero-order chi connectivity index (χ0) is 11.5. The molecule has 0 heterocycles. The molecule has 2 N–H and O–H groups in total. The Morgan fingerprint density at radius 1 is 1.00 bits per heavy atom. The molecular weight excluding hydrogens is 186 g/mol. The Bertz CT molecular complexity index is 185. The van der Waals surface area contributed by atoms with Crippen molar-refractivity contribution in [3.63, 3.8) is 0 Å². The second-order valence-corrected chi connectivity index (χ2v) is 4.12. The maximum Gasteiger partial charge on any atom is 0.241 e. The highest BCUT2D eigenvalue weighted by molar-refractivity contribution is 5.86. The SMILES string of the molecule is CCCCCC(=CC(N)=O)CCCCC. The van der Waals surface area contributed by atoms with Gasteiger partial charge >= 0.3 is 0 Å². The highest BCUT2D eigenvalue weighted by atomic mass is 16.1. The summed E-state index contributed by atoms with van der Waals surface area (Å²) in [5.41, 5.74) is 6.43. The van der Waals surface area contributed by atoms with E-state index in [1.54, 1.807) is 6.08 Å². The number of carbonyl (C=O) groups is 1. The van der Waals surface area contributed by atoms with Crippen molar-refractivity contribution < 1.29 is 4.79 Å². The van der Waals surface area contributed by atoms with Gasteiger partial charge in [0.2, 0.25) is 5.91 Å². The van der Waals surface area contributed by atoms with Gasteiger partial charge in [-0.1, -0.05) is 45.1 Å². The van der Waals surface area contributed by atoms with Crippen LogP contribution in [0.4, 0.5) is 0 Å². The van der Waals surface area contributed by atoms with E-state index in [9.17, 15) is 4.79 Å². The lowest BCUT2D eigenvalue weighted by atomic mass is 10.0. The van der Waals surface area contributed by atoms with Crippen LogP contribution in [0.15, 0.2) is 11.6 Å². The van der Waals surface area contributed by atoms with E-state index < -0.39 is 0 Å². The van der Waals surface area contributed by atoms with E-state index in [2.05, 4.69) is 13.8 Å². The van der Waals surface area contributed by atoms with Crippen LogP contribution in [0.1, 0.15) is 65.2 Å². The zero-order valence-electron chi connectivity index (χ0n) is 10.2. The average molecular weight is 211 g/mol. The van der Waals surface area contributed by atoms with E-state index >= 15 is 0 Å². The van der Waals surface area contributed by atoms with Crippen LogP contribution < -0.4 is 5.73 Å². The van der Waals surface area contributed by atoms with Crippen LogP contribution in [0.2, 0.25) is 0 Å². The Balaban J connectivity index is 3.90. The first-order valence-electron chi connectivity index (χ1n) is 6.19. The van der Waals surface area contributed by atoms with Gasteiger partial charge in [-0.05, 0) is 25.7 Å². The minimum atomic E-state index is -0.294. The molecule has 0 saturated heterocycles. The van der Waals surface area contributed by atoms with Crippen LogP contribution in [-0.2, 0) is 4.79 Å². The van der Waals surface area contributed by atoms with Gasteiger partial charge in [-0.25, -0.2) is 0 Å². The number of carbonyl (C=O) groups excluding carboxylic acids is 1. The molecule has 0 bridgehead atoms. The summed E-state index contributed by atoms with van der Waals surface area (Å²) < 4.78 is 0. The summed E-state index contributed by atoms with van der Waals surface area (Å²) >= 11 is 0. The van der Waals surface area contributed by atoms with Crippen LogP contribution in [0.3, 0.4) is 0 Å². The Kier molecular flexibility index (Phi) is 9.24. The highest BCUT2D eigenvalue weighted by Gasteiger charge is 2.00. The van der Waals surface area contributed by atoms with Gasteiger partial charge in [-0.15, -0.1) is 0 Å². The first-order valence-corrected chi connectivity index (χ1v) is 6.19. The minimum absolute atomic E-state index is 0.294. The smallest absolute Gasteiger partial charge is 0.241 e. The third-order valence-corrected chi connectivity index (χ3v) is 2.55. The quantitative estimate of drug-likeness (QED) is 0.460. The molecule has 0 rings (SSSR count). The average Bonchev–Trinajstić information content (AvgIpc) is 2.17. The number of primary amides is 1. The van der Waals surface area contributed by atoms with Crippen molar-refractivity contribution in [1.82, 2.24) is 0 Å². The predicted molar refractivity (Wildman–Crippen MR) is 65.6 cm³/mol. The monoisotopic (exact) mass is 211 g/mol. The minimum Gasteiger partial charge on any atom is -0.366 e. The lowest BCUT2D eigenvalue weighted by Gasteiger charge is -2.06. The zero-order valence-corrected chi connectivity index (χ0v) is 10.2. The maximum absolute atomic E-state index is 10.8. The molecule has 0 aliphatic heterocycles. The van der Waals surface area contributed by atoms with E-state index in [-0.39, 0.29) is 5.91 Å². The summed E-state index contributed by atoms with van der Waals surface area (Å²) in [6.45, 7) is 4.38. The molecule has 0 fully saturated rings. The molecule has 0 aliphatic carbocycles. The highest BCUT2D eigenvalue weighted by Crippen LogP contribution is 2.16. The molecule has 15 heavy (non-hydrogen) atoms. The molecule has 0 aromatic rings. The summed E-state index contributed by atoms with van der Waals surface area (Å²) in [6.07, 6.45) is 11.0. The molecule has 0 spiro atoms. The van der Waals surface area contributed by atoms with Crippen molar-refractivity contribution in [2.75, 3.05) is 0 Å². The summed E-state index contributed by atoms with van der Waals surface area (Å²) in [6, 6.07) is 0. The number of amides is 1. The molecule has 0 aliphatic rings. The number of hydrogen-bond acceptors (Lipinski definition) is 1. The van der Waals surface area contributed by atoms with Gasteiger partial charge in [-0.3, -0.25) is 4.79 Å². The van der Waals surface area contributed by atoms with Gasteiger partial charge in [0, 0.05) is 6.08 Å². The topological polar surface area (TPSA) is 43.1 Å². The first-order chi connectivity index (χ1) is 7.20. The third kappa shape index (κ3) is 9.51. The van der Waals surface area contributed by atoms with Gasteiger partial charge in [0.15, 0.2) is 0 Å². The molecule has 0 saturated carbocycles. The van der Waals surface area contributed by atoms with Crippen LogP contribution in [0.5, 0.6) is 0 Å². The van der Waals surface area contributed by atoms with Gasteiger partial charge in [0.25, 0.3) is 0 Å². The predicted octanol–water partition coefficient (Wildman–Crippen LogP) is 3.56. The summed E-state index contributed by atoms with van der Waals surface area (Å²) in [5.74, 6) is -0.294. The van der Waals surface area contributed by atoms with Crippen LogP contribution in [-0.4, -0.2) is 5.91 Å². The van der Waals surface area contributed by atoms with Crippen molar-refractivity contribution in [1.29, 1.82) is 0 Å². The number of hydrogen-bond donors (Lipinski definition) is 1. The lowest BCUT2D eigenvalue weighted by molar-refractivity contribution is -0.113. The molecule has 0 unspecified atom stereocenters. The van der Waals surface area contributed by atoms with Crippen LogP contribution in [0, 0.1) is 0 Å². The van der Waals surface area contributed by atoms with Crippen molar-refractivity contribution in [3.8, 4) is 0 Å². The van der Waals surface area contributed by atoms with E-state index in [1.807, 2.05) is 0 Å². The van der Waals surface area contributed by atoms with E-state index in [0.717, 1.165) is 12.8 Å². The number of rotatable bonds is 9. The van der Waals surface area contributed by atoms with Crippen molar-refractivity contribution in [2.24, 2.45) is 5.73 Å². The number of allylic oxidation sites excluding steroid dienone is 1. The standard InChI is InChI=1S/C13H25NO/c1-3-5-7-9-12(11-13(14)15)10-8-6-4-2/h11H,3-10H2,1-2H3,(H2,14,15). The number of unbranched alkanes of at least 4 members (excludes halogenated alkanes) is 4. The third-order valence-electron chi connectivity index (χ3n) is 2.55. The van der Waals surface area contributed by atoms with Crippen molar-refractivity contribution in [2.45, 2.75) is 65.2 Å². The Labute approximate surface area is 93.9 Å². The Morgan fingerprint density at radius 2 is 1.47 bits per heavy atom. The van der Waals surface area contributed by atoms with E-state index in [0.29, 0.717) is 0 Å². The van der Waals surface area contributed by atoms with Gasteiger partial charge in [0.05, 0.1) is 0 Å². The summed E-state index contributed by atoms with van der Waals surface area (Å²) in [5, 5.41) is 0. The maximum atomic E-state index is 10.8. The first kappa shape index (κ1) is 14.2. The van der Waals surface area contributed by atoms with E-state index in [4.69, 9.17) is 5.73 Å². The van der Waals surface area contributed by atoms with E-state index in [1.165, 1.54) is 44.1 Å². The molecule has 0 radical (unpaired) electrons. The van der Waals surface area contributed by atoms with Crippen LogP contribution in [0.25, 0.3) is 0 Å². The second-order valence-electron chi connectivity index (χ2n) is 4.12. The van der Waals surface area contributed by atoms with Gasteiger partial charge in [0.1, 0.15) is 0 Å². The van der Waals surface area contributed by atoms with Crippen molar-refractivity contribution >= 4 is 5.91 Å². The van der Waals surface area contributed by atoms with Gasteiger partial charge in [-0.2, -0.15) is 0 Å². The molecule has 0 aromatic heterocycles. The molecular formula is C13H25NO. The fraction of sp³-hybridized carbons (Fsp3) is 0.769. The fourth-order valence-corrected chi connectivity index (χ4v) is 1.67. The molecule has 2 nitrogen and oxygen atoms in total. The summed E-state index contributed by atoms with van der Waals surface area (Å²) in [4.78, 5) is 10.8. The molecule has 0 atom stereocenters. The van der Waals surface area contributed by atoms with Gasteiger partial charge < -0.3 is 5.73 Å². The molecule has 2 heteroatoms. The summed E-state index contributed by atoms with van der Waals surface area (Å²) in [7, 11) is 0. The van der Waals surface area contributed by atoms with Crippen molar-refractivity contribution in [3.05, 3.63) is 11.6 Å². The molecule has 88 valence electrons. The molecule has 1 amide bonds. The Hall–Kier alpha value is -0.790. The fourth-order valence-electron chi connectivity index (χ4n) is 1.67. The number of nitrogens with two attached hydrogens (primary N) is 1. The lowest BCUT2D eigenvalue weighted by Crippen LogP contribution is -2.07. The second kappa shape index (κ2) is 9.75. The van der Waals surface area contributed by atoms with Crippen LogP contribution >= 0.6 is 0 Å². The normalized spacial score (nSPS) is 10.0. The largest absolute Gasteiger partial charge is 0.366 e.